The van der Waals surface area contributed by atoms with E-state index in [1.54, 1.807) is 0 Å². The molecule has 14 rings (SSSR count). The molecular weight excluding hydrogens is 885 g/mol. The molecule has 0 unspecified atom stereocenters. The number of hydrogen-bond donors (Lipinski definition) is 0. The van der Waals surface area contributed by atoms with Crippen LogP contribution in [0.2, 0.25) is 0 Å². The first-order chi connectivity index (χ1) is 34.7. The number of nitrogens with zero attached hydrogens (tertiary/aromatic N) is 4. The smallest absolute Gasteiger partial charge is 0.179 e. The van der Waals surface area contributed by atoms with Gasteiger partial charge in [0.25, 0.3) is 0 Å². The summed E-state index contributed by atoms with van der Waals surface area (Å²) in [4.78, 5) is 11.1. The Morgan fingerprint density at radius 3 is 1.47 bits per heavy atom. The Morgan fingerprint density at radius 1 is 0.314 bits per heavy atom. The number of fused-ring (bicyclic) bond motifs is 9. The van der Waals surface area contributed by atoms with Gasteiger partial charge >= 0.3 is 0 Å². The van der Waals surface area contributed by atoms with Crippen LogP contribution in [0.25, 0.3) is 97.9 Å². The van der Waals surface area contributed by atoms with Crippen molar-refractivity contribution in [3.05, 3.63) is 255 Å². The van der Waals surface area contributed by atoms with Gasteiger partial charge in [-0.2, -0.15) is 0 Å². The van der Waals surface area contributed by atoms with Crippen molar-refractivity contribution in [1.29, 1.82) is 0 Å². The second-order valence-corrected chi connectivity index (χ2v) is 23.0. The minimum Gasteiger partial charge on any atom is -0.309 e. The Bertz CT molecular complexity index is 4160. The molecule has 14 aromatic rings. The van der Waals surface area contributed by atoms with Crippen molar-refractivity contribution in [2.45, 2.75) is 0 Å². The average molecular weight is 927 g/mol. The SMILES string of the molecule is c1ccc([Si](c2ccccc2)(c2ccccc2)c2cccc(-c3cc(-n4c5ccccc5c5cc(-n6c7ccccc7c7ccccc76)ccc54)nc(-c4ccc5c(c4)sc4ccccc45)n3)c2)cc1. The summed E-state index contributed by atoms with van der Waals surface area (Å²) in [7, 11) is -2.84. The van der Waals surface area contributed by atoms with Crippen molar-refractivity contribution in [2.75, 3.05) is 0 Å². The van der Waals surface area contributed by atoms with Gasteiger partial charge in [0.1, 0.15) is 5.82 Å². The Hall–Kier alpha value is -8.68. The molecule has 0 aliphatic rings. The van der Waals surface area contributed by atoms with Crippen molar-refractivity contribution < 1.29 is 0 Å². The van der Waals surface area contributed by atoms with Crippen LogP contribution in [0.5, 0.6) is 0 Å². The van der Waals surface area contributed by atoms with Crippen LogP contribution >= 0.6 is 11.3 Å². The minimum absolute atomic E-state index is 0.683. The predicted octanol–water partition coefficient (Wildman–Crippen LogP) is 13.8. The number of aromatic nitrogens is 4. The molecule has 4 nitrogen and oxygen atoms in total. The van der Waals surface area contributed by atoms with Crippen molar-refractivity contribution in [2.24, 2.45) is 0 Å². The summed E-state index contributed by atoms with van der Waals surface area (Å²) < 4.78 is 7.23. The minimum atomic E-state index is -2.84. The normalized spacial score (nSPS) is 12.0. The fraction of sp³-hybridized carbons (Fsp3) is 0. The highest BCUT2D eigenvalue weighted by Crippen LogP contribution is 2.39. The van der Waals surface area contributed by atoms with Gasteiger partial charge in [0.2, 0.25) is 0 Å². The van der Waals surface area contributed by atoms with Gasteiger partial charge < -0.3 is 4.57 Å². The highest BCUT2D eigenvalue weighted by molar-refractivity contribution is 7.25. The van der Waals surface area contributed by atoms with E-state index in [2.05, 4.69) is 264 Å². The molecule has 328 valence electrons. The second kappa shape index (κ2) is 16.2. The molecule has 0 aliphatic heterocycles. The summed E-state index contributed by atoms with van der Waals surface area (Å²) in [6.07, 6.45) is 0. The largest absolute Gasteiger partial charge is 0.309 e. The van der Waals surface area contributed by atoms with Crippen LogP contribution in [0.15, 0.2) is 255 Å². The fourth-order valence-electron chi connectivity index (χ4n) is 11.2. The third-order valence-corrected chi connectivity index (χ3v) is 20.2. The van der Waals surface area contributed by atoms with Gasteiger partial charge in [-0.1, -0.05) is 200 Å². The molecular formula is C64H42N4SSi. The third-order valence-electron chi connectivity index (χ3n) is 14.3. The van der Waals surface area contributed by atoms with E-state index in [-0.39, 0.29) is 0 Å². The lowest BCUT2D eigenvalue weighted by Gasteiger charge is -2.34. The third kappa shape index (κ3) is 6.27. The van der Waals surface area contributed by atoms with Crippen LogP contribution in [-0.2, 0) is 0 Å². The quantitative estimate of drug-likeness (QED) is 0.112. The van der Waals surface area contributed by atoms with E-state index in [4.69, 9.17) is 9.97 Å². The van der Waals surface area contributed by atoms with E-state index in [0.717, 1.165) is 44.7 Å². The number of rotatable bonds is 8. The maximum Gasteiger partial charge on any atom is 0.179 e. The molecule has 0 saturated heterocycles. The zero-order valence-corrected chi connectivity index (χ0v) is 39.8. The van der Waals surface area contributed by atoms with Gasteiger partial charge in [0.05, 0.1) is 27.8 Å². The lowest BCUT2D eigenvalue weighted by atomic mass is 10.1. The van der Waals surface area contributed by atoms with Crippen LogP contribution in [-0.4, -0.2) is 27.2 Å². The van der Waals surface area contributed by atoms with Crippen molar-refractivity contribution in [3.8, 4) is 34.2 Å². The second-order valence-electron chi connectivity index (χ2n) is 18.1. The van der Waals surface area contributed by atoms with Crippen LogP contribution < -0.4 is 20.7 Å². The lowest BCUT2D eigenvalue weighted by Crippen LogP contribution is -2.74. The first kappa shape index (κ1) is 40.4. The Balaban J connectivity index is 1.01. The van der Waals surface area contributed by atoms with E-state index in [1.807, 2.05) is 11.3 Å². The topological polar surface area (TPSA) is 35.6 Å². The molecule has 10 aromatic carbocycles. The summed E-state index contributed by atoms with van der Waals surface area (Å²) >= 11 is 1.82. The maximum absolute atomic E-state index is 5.56. The van der Waals surface area contributed by atoms with Crippen LogP contribution in [0.4, 0.5) is 0 Å². The van der Waals surface area contributed by atoms with E-state index < -0.39 is 8.07 Å². The highest BCUT2D eigenvalue weighted by Gasteiger charge is 2.41. The molecule has 0 spiro atoms. The summed E-state index contributed by atoms with van der Waals surface area (Å²) in [5.41, 5.74) is 8.55. The molecule has 0 saturated carbocycles. The summed E-state index contributed by atoms with van der Waals surface area (Å²) in [5.74, 6) is 1.50. The molecule has 0 amide bonds. The zero-order valence-electron chi connectivity index (χ0n) is 37.9. The average Bonchev–Trinajstić information content (AvgIpc) is 4.09. The Labute approximate surface area is 409 Å². The lowest BCUT2D eigenvalue weighted by molar-refractivity contribution is 1.05. The van der Waals surface area contributed by atoms with E-state index in [9.17, 15) is 0 Å². The van der Waals surface area contributed by atoms with Crippen molar-refractivity contribution in [1.82, 2.24) is 19.1 Å². The number of benzene rings is 10. The molecule has 4 aromatic heterocycles. The zero-order chi connectivity index (χ0) is 46.2. The highest BCUT2D eigenvalue weighted by atomic mass is 32.1. The van der Waals surface area contributed by atoms with Crippen LogP contribution in [0.3, 0.4) is 0 Å². The molecule has 0 aliphatic carbocycles. The molecule has 0 bridgehead atoms. The molecule has 0 radical (unpaired) electrons. The first-order valence-corrected chi connectivity index (χ1v) is 26.6. The predicted molar refractivity (Wildman–Crippen MR) is 298 cm³/mol. The van der Waals surface area contributed by atoms with Crippen LogP contribution in [0.1, 0.15) is 0 Å². The van der Waals surface area contributed by atoms with Gasteiger partial charge in [-0.05, 0) is 69.3 Å². The molecule has 4 heterocycles. The number of thiophene rings is 1. The van der Waals surface area contributed by atoms with Crippen LogP contribution in [0, 0.1) is 0 Å². The summed E-state index contributed by atoms with van der Waals surface area (Å²) in [5, 5.41) is 12.6. The maximum atomic E-state index is 5.56. The van der Waals surface area contributed by atoms with Gasteiger partial charge in [0.15, 0.2) is 13.9 Å². The monoisotopic (exact) mass is 926 g/mol. The number of para-hydroxylation sites is 3. The van der Waals surface area contributed by atoms with Gasteiger partial charge in [-0.3, -0.25) is 4.57 Å². The Kier molecular flexibility index (Phi) is 9.37. The fourth-order valence-corrected chi connectivity index (χ4v) is 17.2. The van der Waals surface area contributed by atoms with E-state index in [1.165, 1.54) is 68.1 Å². The van der Waals surface area contributed by atoms with Gasteiger partial charge in [0, 0.05) is 64.6 Å². The molecule has 0 atom stereocenters. The summed E-state index contributed by atoms with van der Waals surface area (Å²) in [6, 6.07) is 93.2. The van der Waals surface area contributed by atoms with E-state index in [0.29, 0.717) is 5.82 Å². The molecule has 0 N–H and O–H groups in total. The molecule has 0 fully saturated rings. The standard InChI is InChI=1S/C64H42N4SSi/c1-4-20-46(21-5-1)70(47-22-6-2-7-23-47,48-24-8-3-9-25-48)49-26-18-19-43(39-49)56-42-63(66-64(65-56)44-35-37-54-53-30-13-17-34-61(53)69-62(54)40-44)68-59-33-16-12-29-52(59)55-41-45(36-38-60(55)68)67-57-31-14-10-27-50(57)51-28-11-15-32-58(51)67/h1-42H. The Morgan fingerprint density at radius 2 is 0.829 bits per heavy atom. The van der Waals surface area contributed by atoms with Crippen molar-refractivity contribution >= 4 is 104 Å². The van der Waals surface area contributed by atoms with Gasteiger partial charge in [-0.25, -0.2) is 9.97 Å². The van der Waals surface area contributed by atoms with Gasteiger partial charge in [-0.15, -0.1) is 11.3 Å². The van der Waals surface area contributed by atoms with Crippen molar-refractivity contribution in [3.63, 3.8) is 0 Å². The number of hydrogen-bond acceptors (Lipinski definition) is 3. The first-order valence-electron chi connectivity index (χ1n) is 23.8. The molecule has 6 heteroatoms. The molecule has 70 heavy (non-hydrogen) atoms. The summed E-state index contributed by atoms with van der Waals surface area (Å²) in [6.45, 7) is 0. The van der Waals surface area contributed by atoms with E-state index >= 15 is 0 Å².